The van der Waals surface area contributed by atoms with Crippen LogP contribution in [-0.4, -0.2) is 13.4 Å². The number of nitrogens with one attached hydrogen (secondary N) is 1. The molecule has 6 heteroatoms. The maximum Gasteiger partial charge on any atom is 0.573 e. The summed E-state index contributed by atoms with van der Waals surface area (Å²) < 4.78 is 39.2. The highest BCUT2D eigenvalue weighted by atomic mass is 35.5. The van der Waals surface area contributed by atoms with Gasteiger partial charge >= 0.3 is 6.36 Å². The topological polar surface area (TPSA) is 21.3 Å². The molecule has 1 aromatic rings. The number of hydrogen-bond donors (Lipinski definition) is 1. The van der Waals surface area contributed by atoms with E-state index in [9.17, 15) is 13.2 Å². The fraction of sp³-hybridized carbons (Fsp3) is 0.400. The van der Waals surface area contributed by atoms with E-state index in [1.807, 2.05) is 6.92 Å². The fourth-order valence-corrected chi connectivity index (χ4v) is 1.12. The SMILES string of the molecule is CNC(C)c1ccc(OC(F)(F)F)cc1.Cl. The van der Waals surface area contributed by atoms with Crippen LogP contribution in [0.5, 0.6) is 5.75 Å². The van der Waals surface area contributed by atoms with Gasteiger partial charge < -0.3 is 10.1 Å². The first-order valence-corrected chi connectivity index (χ1v) is 4.45. The van der Waals surface area contributed by atoms with Crippen molar-refractivity contribution in [1.82, 2.24) is 5.32 Å². The molecule has 0 radical (unpaired) electrons. The lowest BCUT2D eigenvalue weighted by atomic mass is 10.1. The first kappa shape index (κ1) is 15.1. The monoisotopic (exact) mass is 255 g/mol. The lowest BCUT2D eigenvalue weighted by Gasteiger charge is -2.12. The second-order valence-electron chi connectivity index (χ2n) is 3.13. The average molecular weight is 256 g/mol. The van der Waals surface area contributed by atoms with Crippen molar-refractivity contribution in [1.29, 1.82) is 0 Å². The molecule has 0 heterocycles. The van der Waals surface area contributed by atoms with Crippen LogP contribution in [0.15, 0.2) is 24.3 Å². The van der Waals surface area contributed by atoms with Crippen molar-refractivity contribution >= 4 is 12.4 Å². The number of halogens is 4. The minimum atomic E-state index is -4.63. The normalized spacial score (nSPS) is 12.8. The van der Waals surface area contributed by atoms with Gasteiger partial charge in [-0.1, -0.05) is 12.1 Å². The first-order chi connectivity index (χ1) is 6.92. The zero-order valence-electron chi connectivity index (χ0n) is 8.84. The minimum Gasteiger partial charge on any atom is -0.406 e. The number of ether oxygens (including phenoxy) is 1. The van der Waals surface area contributed by atoms with E-state index in [4.69, 9.17) is 0 Å². The Bertz CT molecular complexity index is 313. The maximum absolute atomic E-state index is 11.8. The van der Waals surface area contributed by atoms with Crippen LogP contribution >= 0.6 is 12.4 Å². The van der Waals surface area contributed by atoms with E-state index < -0.39 is 6.36 Å². The van der Waals surface area contributed by atoms with Crippen LogP contribution in [-0.2, 0) is 0 Å². The summed E-state index contributed by atoms with van der Waals surface area (Å²) in [6.45, 7) is 1.92. The molecule has 0 spiro atoms. The molecule has 0 fully saturated rings. The Balaban J connectivity index is 0.00000225. The van der Waals surface area contributed by atoms with Gasteiger partial charge in [0, 0.05) is 6.04 Å². The molecule has 0 aliphatic rings. The summed E-state index contributed by atoms with van der Waals surface area (Å²) in [6, 6.07) is 5.91. The summed E-state index contributed by atoms with van der Waals surface area (Å²) in [5.74, 6) is -0.199. The molecular formula is C10H13ClF3NO. The summed E-state index contributed by atoms with van der Waals surface area (Å²) >= 11 is 0. The highest BCUT2D eigenvalue weighted by Gasteiger charge is 2.30. The second-order valence-corrected chi connectivity index (χ2v) is 3.13. The lowest BCUT2D eigenvalue weighted by molar-refractivity contribution is -0.274. The third kappa shape index (κ3) is 4.72. The number of hydrogen-bond acceptors (Lipinski definition) is 2. The van der Waals surface area contributed by atoms with Gasteiger partial charge in [0.1, 0.15) is 5.75 Å². The maximum atomic E-state index is 11.8. The van der Waals surface area contributed by atoms with Crippen molar-refractivity contribution in [2.45, 2.75) is 19.3 Å². The standard InChI is InChI=1S/C10H12F3NO.ClH/c1-7(14-2)8-3-5-9(6-4-8)15-10(11,12)13;/h3-7,14H,1-2H3;1H. The third-order valence-corrected chi connectivity index (χ3v) is 2.05. The van der Waals surface area contributed by atoms with Crippen molar-refractivity contribution in [3.8, 4) is 5.75 Å². The molecule has 1 N–H and O–H groups in total. The number of benzene rings is 1. The molecule has 92 valence electrons. The van der Waals surface area contributed by atoms with Crippen molar-refractivity contribution in [3.05, 3.63) is 29.8 Å². The highest BCUT2D eigenvalue weighted by Crippen LogP contribution is 2.24. The van der Waals surface area contributed by atoms with Crippen LogP contribution in [0.3, 0.4) is 0 Å². The Morgan fingerprint density at radius 3 is 2.06 bits per heavy atom. The summed E-state index contributed by atoms with van der Waals surface area (Å²) in [5, 5.41) is 2.99. The summed E-state index contributed by atoms with van der Waals surface area (Å²) in [7, 11) is 1.78. The molecule has 1 aromatic carbocycles. The van der Waals surface area contributed by atoms with E-state index >= 15 is 0 Å². The van der Waals surface area contributed by atoms with Crippen LogP contribution in [0.25, 0.3) is 0 Å². The van der Waals surface area contributed by atoms with Crippen LogP contribution in [0, 0.1) is 0 Å². The Morgan fingerprint density at radius 2 is 1.69 bits per heavy atom. The van der Waals surface area contributed by atoms with Crippen molar-refractivity contribution in [3.63, 3.8) is 0 Å². The van der Waals surface area contributed by atoms with E-state index in [-0.39, 0.29) is 24.2 Å². The van der Waals surface area contributed by atoms with Gasteiger partial charge in [-0.3, -0.25) is 0 Å². The molecule has 0 saturated carbocycles. The Labute approximate surface area is 98.2 Å². The van der Waals surface area contributed by atoms with Gasteiger partial charge in [-0.2, -0.15) is 0 Å². The molecule has 16 heavy (non-hydrogen) atoms. The molecule has 0 bridgehead atoms. The Hall–Kier alpha value is -0.940. The van der Waals surface area contributed by atoms with Gasteiger partial charge in [-0.25, -0.2) is 0 Å². The van der Waals surface area contributed by atoms with Crippen LogP contribution in [0.2, 0.25) is 0 Å². The number of rotatable bonds is 3. The lowest BCUT2D eigenvalue weighted by Crippen LogP contribution is -2.17. The molecule has 0 amide bonds. The summed E-state index contributed by atoms with van der Waals surface area (Å²) in [4.78, 5) is 0. The van der Waals surface area contributed by atoms with E-state index in [1.165, 1.54) is 12.1 Å². The van der Waals surface area contributed by atoms with Crippen LogP contribution in [0.1, 0.15) is 18.5 Å². The molecule has 1 unspecified atom stereocenters. The van der Waals surface area contributed by atoms with Gasteiger partial charge in [0.15, 0.2) is 0 Å². The van der Waals surface area contributed by atoms with Crippen molar-refractivity contribution in [2.24, 2.45) is 0 Å². The van der Waals surface area contributed by atoms with E-state index in [2.05, 4.69) is 10.1 Å². The fourth-order valence-electron chi connectivity index (χ4n) is 1.12. The van der Waals surface area contributed by atoms with Crippen LogP contribution in [0.4, 0.5) is 13.2 Å². The first-order valence-electron chi connectivity index (χ1n) is 4.45. The van der Waals surface area contributed by atoms with Gasteiger partial charge in [0.2, 0.25) is 0 Å². The largest absolute Gasteiger partial charge is 0.573 e. The molecular weight excluding hydrogens is 243 g/mol. The summed E-state index contributed by atoms with van der Waals surface area (Å²) in [6.07, 6.45) is -4.63. The summed E-state index contributed by atoms with van der Waals surface area (Å²) in [5.41, 5.74) is 0.909. The van der Waals surface area contributed by atoms with Crippen LogP contribution < -0.4 is 10.1 Å². The van der Waals surface area contributed by atoms with E-state index in [1.54, 1.807) is 19.2 Å². The minimum absolute atomic E-state index is 0. The molecule has 0 saturated heterocycles. The van der Waals surface area contributed by atoms with Crippen molar-refractivity contribution < 1.29 is 17.9 Å². The smallest absolute Gasteiger partial charge is 0.406 e. The average Bonchev–Trinajstić information content (AvgIpc) is 2.15. The number of alkyl halides is 3. The molecule has 0 aliphatic heterocycles. The molecule has 0 aliphatic carbocycles. The second kappa shape index (κ2) is 5.96. The zero-order valence-corrected chi connectivity index (χ0v) is 9.65. The predicted molar refractivity (Wildman–Crippen MR) is 57.8 cm³/mol. The van der Waals surface area contributed by atoms with Gasteiger partial charge in [0.05, 0.1) is 0 Å². The van der Waals surface area contributed by atoms with Gasteiger partial charge in [0.25, 0.3) is 0 Å². The van der Waals surface area contributed by atoms with E-state index in [0.29, 0.717) is 0 Å². The molecule has 1 rings (SSSR count). The zero-order chi connectivity index (χ0) is 11.5. The quantitative estimate of drug-likeness (QED) is 0.895. The third-order valence-electron chi connectivity index (χ3n) is 2.05. The van der Waals surface area contributed by atoms with Gasteiger partial charge in [-0.15, -0.1) is 25.6 Å². The Morgan fingerprint density at radius 1 is 1.19 bits per heavy atom. The predicted octanol–water partition coefficient (Wildman–Crippen LogP) is 3.29. The molecule has 2 nitrogen and oxygen atoms in total. The molecule has 1 atom stereocenters. The van der Waals surface area contributed by atoms with E-state index in [0.717, 1.165) is 5.56 Å². The van der Waals surface area contributed by atoms with Crippen molar-refractivity contribution in [2.75, 3.05) is 7.05 Å². The van der Waals surface area contributed by atoms with Gasteiger partial charge in [-0.05, 0) is 31.7 Å². The Kier molecular flexibility index (Phi) is 5.61. The molecule has 0 aromatic heterocycles. The highest BCUT2D eigenvalue weighted by molar-refractivity contribution is 5.85.